The van der Waals surface area contributed by atoms with Crippen molar-refractivity contribution >= 4 is 23.8 Å². The summed E-state index contributed by atoms with van der Waals surface area (Å²) in [5.41, 5.74) is 0. The fraction of sp³-hybridized carbons (Fsp3) is 0.500. The lowest BCUT2D eigenvalue weighted by atomic mass is 10.1. The molecule has 74 valence electrons. The van der Waals surface area contributed by atoms with Crippen LogP contribution in [0.5, 0.6) is 0 Å². The Kier molecular flexibility index (Phi) is 6.05. The summed E-state index contributed by atoms with van der Waals surface area (Å²) in [6.45, 7) is 3.51. The Bertz CT molecular complexity index is 206. The molecular weight excluding hydrogens is 190 g/mol. The molecule has 1 amide bonds. The SMILES string of the molecule is C=CCCCC(NC(=O)S)C(=O)O. The summed E-state index contributed by atoms with van der Waals surface area (Å²) in [6.07, 6.45) is 3.54. The van der Waals surface area contributed by atoms with Crippen LogP contribution < -0.4 is 5.32 Å². The average molecular weight is 203 g/mol. The van der Waals surface area contributed by atoms with Crippen LogP contribution in [0.15, 0.2) is 12.7 Å². The van der Waals surface area contributed by atoms with Crippen molar-refractivity contribution < 1.29 is 14.7 Å². The predicted octanol–water partition coefficient (Wildman–Crippen LogP) is 1.44. The number of aliphatic carboxylic acids is 1. The Balaban J connectivity index is 3.87. The second-order valence-corrected chi connectivity index (χ2v) is 2.97. The third-order valence-corrected chi connectivity index (χ3v) is 1.63. The smallest absolute Gasteiger partial charge is 0.326 e. The third-order valence-electron chi connectivity index (χ3n) is 1.50. The Morgan fingerprint density at radius 2 is 2.23 bits per heavy atom. The Morgan fingerprint density at radius 3 is 2.62 bits per heavy atom. The van der Waals surface area contributed by atoms with Crippen LogP contribution >= 0.6 is 12.6 Å². The van der Waals surface area contributed by atoms with Crippen LogP contribution in [0.2, 0.25) is 0 Å². The van der Waals surface area contributed by atoms with Crippen molar-refractivity contribution in [1.29, 1.82) is 0 Å². The highest BCUT2D eigenvalue weighted by atomic mass is 32.1. The Labute approximate surface area is 82.4 Å². The molecule has 13 heavy (non-hydrogen) atoms. The molecule has 0 heterocycles. The molecule has 0 saturated heterocycles. The summed E-state index contributed by atoms with van der Waals surface area (Å²) < 4.78 is 0. The first kappa shape index (κ1) is 12.0. The number of carboxylic acid groups (broad SMARTS) is 1. The van der Waals surface area contributed by atoms with E-state index in [1.54, 1.807) is 6.08 Å². The molecule has 0 aliphatic carbocycles. The van der Waals surface area contributed by atoms with Crippen molar-refractivity contribution in [3.8, 4) is 0 Å². The molecule has 0 spiro atoms. The molecule has 0 aromatic rings. The van der Waals surface area contributed by atoms with Gasteiger partial charge in [0.25, 0.3) is 5.24 Å². The zero-order valence-corrected chi connectivity index (χ0v) is 8.09. The van der Waals surface area contributed by atoms with E-state index in [1.807, 2.05) is 0 Å². The molecule has 0 fully saturated rings. The highest BCUT2D eigenvalue weighted by molar-refractivity contribution is 7.96. The minimum Gasteiger partial charge on any atom is -0.480 e. The summed E-state index contributed by atoms with van der Waals surface area (Å²) in [6, 6.07) is -0.843. The van der Waals surface area contributed by atoms with E-state index in [-0.39, 0.29) is 0 Å². The van der Waals surface area contributed by atoms with Crippen LogP contribution in [-0.4, -0.2) is 22.4 Å². The normalized spacial score (nSPS) is 11.8. The third kappa shape index (κ3) is 6.21. The van der Waals surface area contributed by atoms with Crippen LogP contribution in [0.3, 0.4) is 0 Å². The first-order valence-electron chi connectivity index (χ1n) is 3.91. The number of allylic oxidation sites excluding steroid dienone is 1. The number of unbranched alkanes of at least 4 members (excludes halogenated alkanes) is 1. The van der Waals surface area contributed by atoms with Gasteiger partial charge in [-0.15, -0.1) is 6.58 Å². The van der Waals surface area contributed by atoms with E-state index in [1.165, 1.54) is 0 Å². The fourth-order valence-corrected chi connectivity index (χ4v) is 1.03. The number of rotatable bonds is 6. The number of thiol groups is 1. The number of hydrogen-bond acceptors (Lipinski definition) is 2. The first-order valence-corrected chi connectivity index (χ1v) is 4.35. The number of hydrogen-bond donors (Lipinski definition) is 3. The summed E-state index contributed by atoms with van der Waals surface area (Å²) >= 11 is 3.44. The van der Waals surface area contributed by atoms with Gasteiger partial charge < -0.3 is 10.4 Å². The summed E-state index contributed by atoms with van der Waals surface area (Å²) in [7, 11) is 0. The van der Waals surface area contributed by atoms with Crippen molar-refractivity contribution in [2.24, 2.45) is 0 Å². The van der Waals surface area contributed by atoms with Crippen LogP contribution in [-0.2, 0) is 4.79 Å². The summed E-state index contributed by atoms with van der Waals surface area (Å²) in [5, 5.41) is 10.3. The monoisotopic (exact) mass is 203 g/mol. The lowest BCUT2D eigenvalue weighted by molar-refractivity contribution is -0.139. The van der Waals surface area contributed by atoms with Gasteiger partial charge >= 0.3 is 5.97 Å². The van der Waals surface area contributed by atoms with Gasteiger partial charge in [-0.2, -0.15) is 0 Å². The highest BCUT2D eigenvalue weighted by Crippen LogP contribution is 2.02. The minimum atomic E-state index is -1.04. The van der Waals surface area contributed by atoms with Crippen molar-refractivity contribution in [2.45, 2.75) is 25.3 Å². The highest BCUT2D eigenvalue weighted by Gasteiger charge is 2.17. The van der Waals surface area contributed by atoms with Gasteiger partial charge in [0.05, 0.1) is 0 Å². The van der Waals surface area contributed by atoms with Gasteiger partial charge in [0, 0.05) is 0 Å². The van der Waals surface area contributed by atoms with E-state index < -0.39 is 17.3 Å². The van der Waals surface area contributed by atoms with Crippen molar-refractivity contribution in [1.82, 2.24) is 5.32 Å². The molecule has 2 N–H and O–H groups in total. The molecule has 0 aliphatic heterocycles. The predicted molar refractivity (Wildman–Crippen MR) is 53.0 cm³/mol. The average Bonchev–Trinajstić information content (AvgIpc) is 2.02. The summed E-state index contributed by atoms with van der Waals surface area (Å²) in [4.78, 5) is 21.0. The number of carbonyl (C=O) groups is 2. The van der Waals surface area contributed by atoms with Crippen molar-refractivity contribution in [3.63, 3.8) is 0 Å². The number of amides is 1. The van der Waals surface area contributed by atoms with Crippen LogP contribution in [0.1, 0.15) is 19.3 Å². The van der Waals surface area contributed by atoms with E-state index in [0.717, 1.165) is 6.42 Å². The quantitative estimate of drug-likeness (QED) is 0.347. The lowest BCUT2D eigenvalue weighted by Gasteiger charge is -2.11. The van der Waals surface area contributed by atoms with Crippen LogP contribution in [0, 0.1) is 0 Å². The van der Waals surface area contributed by atoms with Gasteiger partial charge in [-0.05, 0) is 19.3 Å². The van der Waals surface area contributed by atoms with Gasteiger partial charge in [-0.25, -0.2) is 4.79 Å². The maximum absolute atomic E-state index is 10.6. The molecule has 0 rings (SSSR count). The van der Waals surface area contributed by atoms with Gasteiger partial charge in [0.2, 0.25) is 0 Å². The minimum absolute atomic E-state index is 0.396. The molecule has 4 nitrogen and oxygen atoms in total. The van der Waals surface area contributed by atoms with E-state index in [9.17, 15) is 9.59 Å². The lowest BCUT2D eigenvalue weighted by Crippen LogP contribution is -2.38. The van der Waals surface area contributed by atoms with E-state index in [2.05, 4.69) is 24.5 Å². The van der Waals surface area contributed by atoms with Gasteiger partial charge in [0.15, 0.2) is 0 Å². The Hall–Kier alpha value is -0.970. The number of carbonyl (C=O) groups excluding carboxylic acids is 1. The zero-order chi connectivity index (χ0) is 10.3. The Morgan fingerprint density at radius 1 is 1.62 bits per heavy atom. The molecule has 0 saturated carbocycles. The van der Waals surface area contributed by atoms with E-state index in [0.29, 0.717) is 12.8 Å². The standard InChI is InChI=1S/C8H13NO3S/c1-2-3-4-5-6(7(10)11)9-8(12)13/h2,6H,1,3-5H2,(H,10,11)(H2,9,12,13). The van der Waals surface area contributed by atoms with Crippen molar-refractivity contribution in [2.75, 3.05) is 0 Å². The molecule has 0 aromatic heterocycles. The van der Waals surface area contributed by atoms with E-state index >= 15 is 0 Å². The van der Waals surface area contributed by atoms with E-state index in [4.69, 9.17) is 5.11 Å². The van der Waals surface area contributed by atoms with Gasteiger partial charge in [0.1, 0.15) is 6.04 Å². The molecule has 1 atom stereocenters. The second-order valence-electron chi connectivity index (χ2n) is 2.56. The van der Waals surface area contributed by atoms with Crippen LogP contribution in [0.4, 0.5) is 4.79 Å². The molecule has 0 aromatic carbocycles. The topological polar surface area (TPSA) is 66.4 Å². The largest absolute Gasteiger partial charge is 0.480 e. The summed E-state index contributed by atoms with van der Waals surface area (Å²) in [5.74, 6) is -1.04. The molecule has 5 heteroatoms. The zero-order valence-electron chi connectivity index (χ0n) is 7.19. The number of nitrogens with one attached hydrogen (secondary N) is 1. The first-order chi connectivity index (χ1) is 6.07. The van der Waals surface area contributed by atoms with Crippen LogP contribution in [0.25, 0.3) is 0 Å². The number of carboxylic acids is 1. The van der Waals surface area contributed by atoms with Gasteiger partial charge in [-0.1, -0.05) is 18.7 Å². The second kappa shape index (κ2) is 6.54. The van der Waals surface area contributed by atoms with Crippen molar-refractivity contribution in [3.05, 3.63) is 12.7 Å². The molecule has 0 bridgehead atoms. The molecular formula is C8H13NO3S. The molecule has 1 unspecified atom stereocenters. The maximum Gasteiger partial charge on any atom is 0.326 e. The van der Waals surface area contributed by atoms with Gasteiger partial charge in [-0.3, -0.25) is 4.79 Å². The maximum atomic E-state index is 10.6. The molecule has 0 aliphatic rings. The fourth-order valence-electron chi connectivity index (χ4n) is 0.873. The molecule has 0 radical (unpaired) electrons.